The van der Waals surface area contributed by atoms with E-state index in [-0.39, 0.29) is 42.7 Å². The first kappa shape index (κ1) is 27.5. The number of amides is 1. The Labute approximate surface area is 222 Å². The summed E-state index contributed by atoms with van der Waals surface area (Å²) in [5, 5.41) is 16.4. The molecule has 0 bridgehead atoms. The zero-order valence-electron chi connectivity index (χ0n) is 21.1. The molecule has 0 radical (unpaired) electrons. The van der Waals surface area contributed by atoms with Crippen molar-refractivity contribution in [3.63, 3.8) is 0 Å². The molecule has 38 heavy (non-hydrogen) atoms. The topological polar surface area (TPSA) is 74.0 Å². The third-order valence-corrected chi connectivity index (χ3v) is 7.37. The molecule has 0 aliphatic carbocycles. The normalized spacial score (nSPS) is 15.8. The molecule has 0 fully saturated rings. The SMILES string of the molecule is CCn1cc(-c2c(F)cccc2[C@@H]2CN(C(=O)/C=C/CNC(C)C)Cc3sc(C#N)cc32)c(C(F)(F)F)n1. The summed E-state index contributed by atoms with van der Waals surface area (Å²) >= 11 is 1.23. The number of rotatable bonds is 7. The quantitative estimate of drug-likeness (QED) is 0.306. The lowest BCUT2D eigenvalue weighted by atomic mass is 9.83. The lowest BCUT2D eigenvalue weighted by Gasteiger charge is -2.33. The van der Waals surface area contributed by atoms with Gasteiger partial charge in [-0.25, -0.2) is 4.39 Å². The molecule has 1 atom stereocenters. The fraction of sp³-hybridized carbons (Fsp3) is 0.370. The Hall–Kier alpha value is -3.49. The van der Waals surface area contributed by atoms with Crippen LogP contribution in [0.1, 0.15) is 53.3 Å². The number of aryl methyl sites for hydroxylation is 1. The van der Waals surface area contributed by atoms with Gasteiger partial charge in [0.05, 0.1) is 6.54 Å². The van der Waals surface area contributed by atoms with Crippen LogP contribution in [0.2, 0.25) is 0 Å². The number of carbonyl (C=O) groups excluding carboxylic acids is 1. The van der Waals surface area contributed by atoms with Crippen LogP contribution in [0.3, 0.4) is 0 Å². The van der Waals surface area contributed by atoms with Crippen molar-refractivity contribution >= 4 is 17.2 Å². The highest BCUT2D eigenvalue weighted by molar-refractivity contribution is 7.12. The van der Waals surface area contributed by atoms with Crippen LogP contribution in [0.5, 0.6) is 0 Å². The van der Waals surface area contributed by atoms with Crippen molar-refractivity contribution in [3.05, 3.63) is 75.0 Å². The van der Waals surface area contributed by atoms with Gasteiger partial charge in [-0.1, -0.05) is 32.1 Å². The van der Waals surface area contributed by atoms with E-state index in [4.69, 9.17) is 0 Å². The largest absolute Gasteiger partial charge is 0.435 e. The highest BCUT2D eigenvalue weighted by Gasteiger charge is 2.40. The number of nitrogens with one attached hydrogen (secondary N) is 1. The molecule has 200 valence electrons. The van der Waals surface area contributed by atoms with E-state index in [0.29, 0.717) is 22.5 Å². The second-order valence-corrected chi connectivity index (χ2v) is 10.4. The van der Waals surface area contributed by atoms with Gasteiger partial charge in [0.15, 0.2) is 5.69 Å². The predicted octanol–water partition coefficient (Wildman–Crippen LogP) is 5.69. The van der Waals surface area contributed by atoms with E-state index in [9.17, 15) is 23.2 Å². The first-order valence-corrected chi connectivity index (χ1v) is 13.0. The number of aromatic nitrogens is 2. The molecule has 0 saturated carbocycles. The first-order valence-electron chi connectivity index (χ1n) is 12.2. The summed E-state index contributed by atoms with van der Waals surface area (Å²) in [6.45, 7) is 6.67. The number of nitrogens with zero attached hydrogens (tertiary/aromatic N) is 4. The van der Waals surface area contributed by atoms with Crippen molar-refractivity contribution in [2.75, 3.05) is 13.1 Å². The van der Waals surface area contributed by atoms with Gasteiger partial charge in [-0.3, -0.25) is 9.48 Å². The van der Waals surface area contributed by atoms with E-state index < -0.39 is 23.6 Å². The Morgan fingerprint density at radius 3 is 2.76 bits per heavy atom. The second-order valence-electron chi connectivity index (χ2n) is 9.29. The van der Waals surface area contributed by atoms with E-state index in [1.165, 1.54) is 29.7 Å². The standard InChI is InChI=1S/C27H27F4N5OS/c1-4-36-14-21(26(34-36)27(29,30)31)25-18(7-5-8-22(25)28)20-13-35(24(37)9-6-10-33-16(2)3)15-23-19(20)11-17(12-32)38-23/h5-9,11,14,16,20,33H,4,10,13,15H2,1-3H3/b9-6+/t20-/m0/s1. The van der Waals surface area contributed by atoms with Gasteiger partial charge < -0.3 is 10.2 Å². The van der Waals surface area contributed by atoms with Gasteiger partial charge in [0.1, 0.15) is 16.8 Å². The lowest BCUT2D eigenvalue weighted by molar-refractivity contribution is -0.141. The van der Waals surface area contributed by atoms with Gasteiger partial charge in [0.25, 0.3) is 0 Å². The summed E-state index contributed by atoms with van der Waals surface area (Å²) in [4.78, 5) is 15.8. The van der Waals surface area contributed by atoms with E-state index in [1.807, 2.05) is 13.8 Å². The highest BCUT2D eigenvalue weighted by atomic mass is 32.1. The second kappa shape index (κ2) is 11.1. The number of alkyl halides is 3. The predicted molar refractivity (Wildman–Crippen MR) is 137 cm³/mol. The van der Waals surface area contributed by atoms with Gasteiger partial charge in [-0.15, -0.1) is 11.3 Å². The number of hydrogen-bond acceptors (Lipinski definition) is 5. The zero-order valence-corrected chi connectivity index (χ0v) is 22.0. The van der Waals surface area contributed by atoms with Crippen LogP contribution in [0.25, 0.3) is 11.1 Å². The van der Waals surface area contributed by atoms with E-state index in [1.54, 1.807) is 30.0 Å². The smallest absolute Gasteiger partial charge is 0.333 e. The molecular weight excluding hydrogens is 518 g/mol. The molecule has 4 rings (SSSR count). The van der Waals surface area contributed by atoms with Crippen molar-refractivity contribution < 1.29 is 22.4 Å². The molecule has 1 aromatic carbocycles. The number of nitriles is 1. The summed E-state index contributed by atoms with van der Waals surface area (Å²) in [5.74, 6) is -1.73. The van der Waals surface area contributed by atoms with E-state index >= 15 is 4.39 Å². The third kappa shape index (κ3) is 5.66. The molecule has 0 unspecified atom stereocenters. The summed E-state index contributed by atoms with van der Waals surface area (Å²) in [6, 6.07) is 8.18. The number of fused-ring (bicyclic) bond motifs is 1. The van der Waals surface area contributed by atoms with Crippen LogP contribution in [0, 0.1) is 17.1 Å². The van der Waals surface area contributed by atoms with Gasteiger partial charge in [-0.2, -0.15) is 23.5 Å². The van der Waals surface area contributed by atoms with Crippen molar-refractivity contribution in [2.45, 2.75) is 52.0 Å². The summed E-state index contributed by atoms with van der Waals surface area (Å²) < 4.78 is 58.4. The van der Waals surface area contributed by atoms with Crippen molar-refractivity contribution in [3.8, 4) is 17.2 Å². The Morgan fingerprint density at radius 2 is 2.11 bits per heavy atom. The van der Waals surface area contributed by atoms with E-state index in [0.717, 1.165) is 15.6 Å². The highest BCUT2D eigenvalue weighted by Crippen LogP contribution is 2.45. The Balaban J connectivity index is 1.81. The number of carbonyl (C=O) groups is 1. The minimum atomic E-state index is -4.79. The average molecular weight is 546 g/mol. The van der Waals surface area contributed by atoms with Crippen LogP contribution in [0.15, 0.2) is 42.6 Å². The maximum Gasteiger partial charge on any atom is 0.435 e. The molecule has 0 saturated heterocycles. The molecule has 6 nitrogen and oxygen atoms in total. The molecule has 0 spiro atoms. The van der Waals surface area contributed by atoms with Crippen molar-refractivity contribution in [1.29, 1.82) is 5.26 Å². The van der Waals surface area contributed by atoms with Gasteiger partial charge >= 0.3 is 6.18 Å². The number of hydrogen-bond donors (Lipinski definition) is 1. The molecular formula is C27H27F4N5OS. The Morgan fingerprint density at radius 1 is 1.34 bits per heavy atom. The summed E-state index contributed by atoms with van der Waals surface area (Å²) in [5.41, 5.74) is -0.709. The molecule has 1 amide bonds. The maximum absolute atomic E-state index is 15.4. The lowest BCUT2D eigenvalue weighted by Crippen LogP contribution is -2.37. The van der Waals surface area contributed by atoms with Gasteiger partial charge in [0.2, 0.25) is 5.91 Å². The molecule has 3 aromatic rings. The van der Waals surface area contributed by atoms with E-state index in [2.05, 4.69) is 16.5 Å². The molecule has 3 heterocycles. The van der Waals surface area contributed by atoms with Crippen LogP contribution >= 0.6 is 11.3 Å². The summed E-state index contributed by atoms with van der Waals surface area (Å²) in [6.07, 6.45) is -0.420. The van der Waals surface area contributed by atoms with Crippen LogP contribution < -0.4 is 5.32 Å². The monoisotopic (exact) mass is 545 g/mol. The van der Waals surface area contributed by atoms with Crippen molar-refractivity contribution in [2.24, 2.45) is 0 Å². The number of thiophene rings is 1. The molecule has 11 heteroatoms. The molecule has 1 aliphatic heterocycles. The minimum absolute atomic E-state index is 0.120. The Kier molecular flexibility index (Phi) is 8.04. The van der Waals surface area contributed by atoms with Gasteiger partial charge in [0, 0.05) is 59.9 Å². The van der Waals surface area contributed by atoms with Crippen molar-refractivity contribution in [1.82, 2.24) is 20.0 Å². The number of halogens is 4. The molecule has 2 aromatic heterocycles. The summed E-state index contributed by atoms with van der Waals surface area (Å²) in [7, 11) is 0. The first-order chi connectivity index (χ1) is 18.0. The Bertz CT molecular complexity index is 1400. The number of benzene rings is 1. The fourth-order valence-corrected chi connectivity index (χ4v) is 5.60. The fourth-order valence-electron chi connectivity index (χ4n) is 4.57. The third-order valence-electron chi connectivity index (χ3n) is 6.33. The van der Waals surface area contributed by atoms with Crippen LogP contribution in [-0.2, 0) is 24.1 Å². The van der Waals surface area contributed by atoms with Crippen LogP contribution in [-0.4, -0.2) is 39.7 Å². The van der Waals surface area contributed by atoms with Crippen LogP contribution in [0.4, 0.5) is 17.6 Å². The molecule has 1 aliphatic rings. The zero-order chi connectivity index (χ0) is 27.6. The minimum Gasteiger partial charge on any atom is -0.333 e. The average Bonchev–Trinajstić information content (AvgIpc) is 3.49. The van der Waals surface area contributed by atoms with Gasteiger partial charge in [-0.05, 0) is 30.2 Å². The molecule has 1 N–H and O–H groups in total. The maximum atomic E-state index is 15.4.